The standard InChI is InChI=1S/C27H32N4O5S2/c32-23(28-19-7-8-19)17-5-3-16(4-6-17)20-14-38-27(29-20)30-24(33)21-15-37-26(18-9-12-35-13-10-18)31(21)25(34)22-2-1-11-36-22/h3-6,14,18-19,21-22,26H,1-2,7-13,15H2,(H,28,32)(H,29,30,33)/t21-,22-,26?/m0/s1. The van der Waals surface area contributed by atoms with Gasteiger partial charge in [-0.15, -0.1) is 23.1 Å². The molecule has 3 atom stereocenters. The second-order valence-electron chi connectivity index (χ2n) is 10.3. The van der Waals surface area contributed by atoms with Crippen molar-refractivity contribution in [2.24, 2.45) is 5.92 Å². The van der Waals surface area contributed by atoms with Gasteiger partial charge >= 0.3 is 0 Å². The number of carbonyl (C=O) groups is 3. The van der Waals surface area contributed by atoms with E-state index in [1.165, 1.54) is 11.3 Å². The lowest BCUT2D eigenvalue weighted by atomic mass is 9.98. The summed E-state index contributed by atoms with van der Waals surface area (Å²) in [5.41, 5.74) is 2.22. The molecule has 11 heteroatoms. The number of benzene rings is 1. The van der Waals surface area contributed by atoms with E-state index in [-0.39, 0.29) is 23.1 Å². The molecule has 3 saturated heterocycles. The zero-order valence-electron chi connectivity index (χ0n) is 21.1. The van der Waals surface area contributed by atoms with Crippen LogP contribution in [0.3, 0.4) is 0 Å². The highest BCUT2D eigenvalue weighted by Crippen LogP contribution is 2.40. The van der Waals surface area contributed by atoms with Crippen molar-refractivity contribution in [3.05, 3.63) is 35.2 Å². The topological polar surface area (TPSA) is 110 Å². The Morgan fingerprint density at radius 1 is 1.00 bits per heavy atom. The van der Waals surface area contributed by atoms with E-state index in [0.717, 1.165) is 43.4 Å². The van der Waals surface area contributed by atoms with Crippen molar-refractivity contribution in [3.63, 3.8) is 0 Å². The molecule has 3 aliphatic heterocycles. The molecule has 6 rings (SSSR count). The third-order valence-electron chi connectivity index (χ3n) is 7.56. The van der Waals surface area contributed by atoms with Crippen molar-refractivity contribution in [2.75, 3.05) is 30.9 Å². The van der Waals surface area contributed by atoms with Crippen LogP contribution in [0.25, 0.3) is 11.3 Å². The van der Waals surface area contributed by atoms with Crippen molar-refractivity contribution >= 4 is 46.0 Å². The van der Waals surface area contributed by atoms with E-state index >= 15 is 0 Å². The molecule has 1 aromatic carbocycles. The van der Waals surface area contributed by atoms with Crippen LogP contribution in [0.4, 0.5) is 5.13 Å². The van der Waals surface area contributed by atoms with Gasteiger partial charge in [0.25, 0.3) is 11.8 Å². The van der Waals surface area contributed by atoms with Gasteiger partial charge in [0, 0.05) is 48.1 Å². The maximum absolute atomic E-state index is 13.5. The Morgan fingerprint density at radius 2 is 1.79 bits per heavy atom. The van der Waals surface area contributed by atoms with Gasteiger partial charge in [0.2, 0.25) is 5.91 Å². The minimum atomic E-state index is -0.568. The van der Waals surface area contributed by atoms with Gasteiger partial charge < -0.3 is 25.0 Å². The first-order valence-corrected chi connectivity index (χ1v) is 15.3. The van der Waals surface area contributed by atoms with Gasteiger partial charge in [0.05, 0.1) is 11.1 Å². The van der Waals surface area contributed by atoms with E-state index in [9.17, 15) is 14.4 Å². The number of aromatic nitrogens is 1. The lowest BCUT2D eigenvalue weighted by molar-refractivity contribution is -0.147. The molecule has 2 N–H and O–H groups in total. The van der Waals surface area contributed by atoms with Gasteiger partial charge in [-0.2, -0.15) is 0 Å². The van der Waals surface area contributed by atoms with Gasteiger partial charge in [0.1, 0.15) is 12.1 Å². The molecular weight excluding hydrogens is 524 g/mol. The predicted molar refractivity (Wildman–Crippen MR) is 146 cm³/mol. The molecule has 4 fully saturated rings. The molecule has 9 nitrogen and oxygen atoms in total. The lowest BCUT2D eigenvalue weighted by Gasteiger charge is -2.36. The average Bonchev–Trinajstić information content (AvgIpc) is 3.35. The predicted octanol–water partition coefficient (Wildman–Crippen LogP) is 3.52. The van der Waals surface area contributed by atoms with Crippen LogP contribution < -0.4 is 10.6 Å². The fourth-order valence-corrected chi connectivity index (χ4v) is 7.62. The summed E-state index contributed by atoms with van der Waals surface area (Å²) in [6.45, 7) is 1.97. The zero-order chi connectivity index (χ0) is 26.1. The summed E-state index contributed by atoms with van der Waals surface area (Å²) in [7, 11) is 0. The summed E-state index contributed by atoms with van der Waals surface area (Å²) < 4.78 is 11.3. The SMILES string of the molecule is O=C(NC1CC1)c1ccc(-c2csc(NC(=O)[C@@H]3CSC(C4CCOCC4)N3C(=O)[C@@H]3CCCO3)n2)cc1. The van der Waals surface area contributed by atoms with Crippen molar-refractivity contribution in [1.82, 2.24) is 15.2 Å². The molecule has 38 heavy (non-hydrogen) atoms. The monoisotopic (exact) mass is 556 g/mol. The molecule has 2 aromatic rings. The Bertz CT molecular complexity index is 1170. The summed E-state index contributed by atoms with van der Waals surface area (Å²) in [5, 5.41) is 8.28. The number of rotatable bonds is 7. The molecule has 4 heterocycles. The van der Waals surface area contributed by atoms with Gasteiger partial charge in [-0.05, 0) is 56.6 Å². The first-order valence-electron chi connectivity index (χ1n) is 13.4. The number of amides is 3. The number of thioether (sulfide) groups is 1. The van der Waals surface area contributed by atoms with Crippen LogP contribution in [-0.2, 0) is 19.1 Å². The van der Waals surface area contributed by atoms with Crippen LogP contribution in [-0.4, -0.2) is 76.7 Å². The molecule has 0 radical (unpaired) electrons. The highest BCUT2D eigenvalue weighted by atomic mass is 32.2. The van der Waals surface area contributed by atoms with Crippen molar-refractivity contribution in [1.29, 1.82) is 0 Å². The molecule has 0 spiro atoms. The Labute approximate surface area is 230 Å². The molecule has 4 aliphatic rings. The van der Waals surface area contributed by atoms with Gasteiger partial charge in [-0.25, -0.2) is 4.98 Å². The van der Waals surface area contributed by atoms with Gasteiger partial charge in [0.15, 0.2) is 5.13 Å². The molecule has 1 saturated carbocycles. The Balaban J connectivity index is 1.13. The van der Waals surface area contributed by atoms with Crippen LogP contribution in [0, 0.1) is 5.92 Å². The summed E-state index contributed by atoms with van der Waals surface area (Å²) in [6, 6.07) is 7.08. The summed E-state index contributed by atoms with van der Waals surface area (Å²) >= 11 is 3.04. The van der Waals surface area contributed by atoms with E-state index in [0.29, 0.717) is 54.6 Å². The van der Waals surface area contributed by atoms with E-state index in [1.54, 1.807) is 28.8 Å². The lowest BCUT2D eigenvalue weighted by Crippen LogP contribution is -2.53. The third-order valence-corrected chi connectivity index (χ3v) is 9.78. The number of ether oxygens (including phenoxy) is 2. The van der Waals surface area contributed by atoms with Gasteiger partial charge in [-0.1, -0.05) is 12.1 Å². The van der Waals surface area contributed by atoms with Crippen LogP contribution in [0.15, 0.2) is 29.6 Å². The Hall–Kier alpha value is -2.47. The molecule has 0 bridgehead atoms. The van der Waals surface area contributed by atoms with E-state index in [1.807, 2.05) is 17.5 Å². The normalized spacial score (nSPS) is 25.9. The number of anilines is 1. The van der Waals surface area contributed by atoms with E-state index in [2.05, 4.69) is 15.6 Å². The summed E-state index contributed by atoms with van der Waals surface area (Å²) in [6.07, 6.45) is 4.97. The third kappa shape index (κ3) is 5.61. The van der Waals surface area contributed by atoms with E-state index in [4.69, 9.17) is 9.47 Å². The first-order chi connectivity index (χ1) is 18.6. The number of hydrogen-bond donors (Lipinski definition) is 2. The molecule has 1 aliphatic carbocycles. The highest BCUT2D eigenvalue weighted by Gasteiger charge is 2.47. The second-order valence-corrected chi connectivity index (χ2v) is 12.3. The van der Waals surface area contributed by atoms with Crippen molar-refractivity contribution in [3.8, 4) is 11.3 Å². The highest BCUT2D eigenvalue weighted by molar-refractivity contribution is 8.00. The molecule has 3 amide bonds. The van der Waals surface area contributed by atoms with Gasteiger partial charge in [-0.3, -0.25) is 14.4 Å². The number of nitrogens with zero attached hydrogens (tertiary/aromatic N) is 2. The van der Waals surface area contributed by atoms with Crippen LogP contribution in [0.2, 0.25) is 0 Å². The Kier molecular flexibility index (Phi) is 7.69. The Morgan fingerprint density at radius 3 is 2.50 bits per heavy atom. The quantitative estimate of drug-likeness (QED) is 0.537. The second kappa shape index (κ2) is 11.3. The molecular formula is C27H32N4O5S2. The smallest absolute Gasteiger partial charge is 0.253 e. The summed E-state index contributed by atoms with van der Waals surface area (Å²) in [4.78, 5) is 45.7. The van der Waals surface area contributed by atoms with Crippen molar-refractivity contribution < 1.29 is 23.9 Å². The number of nitrogens with one attached hydrogen (secondary N) is 2. The fourth-order valence-electron chi connectivity index (χ4n) is 5.25. The molecule has 1 aromatic heterocycles. The maximum Gasteiger partial charge on any atom is 0.253 e. The number of hydrogen-bond acceptors (Lipinski definition) is 8. The average molecular weight is 557 g/mol. The van der Waals surface area contributed by atoms with Crippen molar-refractivity contribution in [2.45, 2.75) is 62.1 Å². The summed E-state index contributed by atoms with van der Waals surface area (Å²) in [5.74, 6) is 0.509. The largest absolute Gasteiger partial charge is 0.381 e. The first kappa shape index (κ1) is 25.8. The zero-order valence-corrected chi connectivity index (χ0v) is 22.7. The van der Waals surface area contributed by atoms with Crippen LogP contribution in [0.1, 0.15) is 48.9 Å². The van der Waals surface area contributed by atoms with Crippen LogP contribution >= 0.6 is 23.1 Å². The maximum atomic E-state index is 13.5. The van der Waals surface area contributed by atoms with Crippen LogP contribution in [0.5, 0.6) is 0 Å². The molecule has 202 valence electrons. The minimum absolute atomic E-state index is 0.0474. The molecule has 1 unspecified atom stereocenters. The minimum Gasteiger partial charge on any atom is -0.381 e. The van der Waals surface area contributed by atoms with E-state index < -0.39 is 12.1 Å². The fraction of sp³-hybridized carbons (Fsp3) is 0.556. The number of carbonyl (C=O) groups excluding carboxylic acids is 3. The number of thiazole rings is 1.